The molecule has 0 saturated heterocycles. The summed E-state index contributed by atoms with van der Waals surface area (Å²) in [5.74, 6) is -0.0808. The number of hydrogen-bond acceptors (Lipinski definition) is 4. The maximum Gasteiger partial charge on any atom is 0.251 e. The molecule has 1 N–H and O–H groups in total. The number of pyridine rings is 1. The van der Waals surface area contributed by atoms with Crippen LogP contribution in [-0.2, 0) is 6.42 Å². The van der Waals surface area contributed by atoms with Crippen LogP contribution < -0.4 is 5.32 Å². The molecule has 1 amide bonds. The van der Waals surface area contributed by atoms with E-state index in [1.54, 1.807) is 24.7 Å². The predicted molar refractivity (Wildman–Crippen MR) is 104 cm³/mol. The summed E-state index contributed by atoms with van der Waals surface area (Å²) in [5, 5.41) is 3.04. The lowest BCUT2D eigenvalue weighted by Gasteiger charge is -2.36. The average Bonchev–Trinajstić information content (AvgIpc) is 2.67. The van der Waals surface area contributed by atoms with Gasteiger partial charge in [-0.15, -0.1) is 0 Å². The first-order chi connectivity index (χ1) is 13.4. The summed E-state index contributed by atoms with van der Waals surface area (Å²) >= 11 is 0. The number of rotatable bonds is 3. The van der Waals surface area contributed by atoms with Crippen LogP contribution in [0.3, 0.4) is 0 Å². The van der Waals surface area contributed by atoms with Crippen LogP contribution >= 0.6 is 0 Å². The lowest BCUT2D eigenvalue weighted by Crippen LogP contribution is -2.37. The standard InChI is InChI=1S/C22H21FN4O/c1-22(2)11-18-17(13-25-20(26-18)14-6-8-24-9-7-14)19(12-22)27-21(28)15-4-3-5-16(23)10-15/h3-10,13,19H,11-12H2,1-2H3,(H,27,28). The molecule has 142 valence electrons. The van der Waals surface area contributed by atoms with Crippen molar-refractivity contribution in [3.8, 4) is 11.4 Å². The van der Waals surface area contributed by atoms with Crippen molar-refractivity contribution in [1.29, 1.82) is 0 Å². The molecule has 1 unspecified atom stereocenters. The number of fused-ring (bicyclic) bond motifs is 1. The Morgan fingerprint density at radius 3 is 2.75 bits per heavy atom. The first kappa shape index (κ1) is 18.2. The van der Waals surface area contributed by atoms with E-state index in [-0.39, 0.29) is 17.4 Å². The van der Waals surface area contributed by atoms with Gasteiger partial charge >= 0.3 is 0 Å². The van der Waals surface area contributed by atoms with Crippen LogP contribution in [0.15, 0.2) is 55.0 Å². The Labute approximate surface area is 163 Å². The smallest absolute Gasteiger partial charge is 0.251 e. The highest BCUT2D eigenvalue weighted by atomic mass is 19.1. The van der Waals surface area contributed by atoms with E-state index in [0.29, 0.717) is 11.4 Å². The third-order valence-electron chi connectivity index (χ3n) is 5.01. The molecule has 0 radical (unpaired) electrons. The minimum atomic E-state index is -0.428. The number of carbonyl (C=O) groups excluding carboxylic acids is 1. The van der Waals surface area contributed by atoms with Gasteiger partial charge in [0.2, 0.25) is 0 Å². The van der Waals surface area contributed by atoms with Gasteiger partial charge in [0.1, 0.15) is 5.82 Å². The van der Waals surface area contributed by atoms with Gasteiger partial charge < -0.3 is 5.32 Å². The molecule has 28 heavy (non-hydrogen) atoms. The van der Waals surface area contributed by atoms with Crippen molar-refractivity contribution < 1.29 is 9.18 Å². The molecule has 0 bridgehead atoms. The van der Waals surface area contributed by atoms with Gasteiger partial charge in [-0.05, 0) is 48.6 Å². The van der Waals surface area contributed by atoms with Crippen LogP contribution in [0.2, 0.25) is 0 Å². The summed E-state index contributed by atoms with van der Waals surface area (Å²) in [4.78, 5) is 26.0. The molecule has 1 aromatic carbocycles. The Bertz CT molecular complexity index is 1020. The Kier molecular flexibility index (Phi) is 4.63. The van der Waals surface area contributed by atoms with E-state index >= 15 is 0 Å². The first-order valence-corrected chi connectivity index (χ1v) is 9.24. The highest BCUT2D eigenvalue weighted by molar-refractivity contribution is 5.94. The van der Waals surface area contributed by atoms with E-state index in [2.05, 4.69) is 29.1 Å². The van der Waals surface area contributed by atoms with Gasteiger partial charge in [0.05, 0.1) is 11.7 Å². The number of hydrogen-bond donors (Lipinski definition) is 1. The zero-order chi connectivity index (χ0) is 19.7. The van der Waals surface area contributed by atoms with Gasteiger partial charge in [-0.1, -0.05) is 19.9 Å². The van der Waals surface area contributed by atoms with Crippen molar-refractivity contribution >= 4 is 5.91 Å². The van der Waals surface area contributed by atoms with Gasteiger partial charge in [0.15, 0.2) is 5.82 Å². The second kappa shape index (κ2) is 7.11. The number of aromatic nitrogens is 3. The lowest BCUT2D eigenvalue weighted by atomic mass is 9.74. The van der Waals surface area contributed by atoms with Crippen molar-refractivity contribution in [2.45, 2.75) is 32.7 Å². The van der Waals surface area contributed by atoms with E-state index in [1.165, 1.54) is 18.2 Å². The number of nitrogens with one attached hydrogen (secondary N) is 1. The Morgan fingerprint density at radius 1 is 1.21 bits per heavy atom. The van der Waals surface area contributed by atoms with Crippen molar-refractivity contribution in [3.05, 3.63) is 77.6 Å². The van der Waals surface area contributed by atoms with Gasteiger partial charge in [-0.2, -0.15) is 0 Å². The van der Waals surface area contributed by atoms with E-state index < -0.39 is 5.82 Å². The molecular weight excluding hydrogens is 355 g/mol. The normalized spacial score (nSPS) is 17.6. The second-order valence-corrected chi connectivity index (χ2v) is 7.91. The molecule has 1 atom stereocenters. The number of halogens is 1. The fourth-order valence-corrected chi connectivity index (χ4v) is 3.69. The van der Waals surface area contributed by atoms with Crippen molar-refractivity contribution in [2.24, 2.45) is 5.41 Å². The summed E-state index contributed by atoms with van der Waals surface area (Å²) in [6.07, 6.45) is 6.78. The van der Waals surface area contributed by atoms with Crippen molar-refractivity contribution in [1.82, 2.24) is 20.3 Å². The number of carbonyl (C=O) groups is 1. The Balaban J connectivity index is 1.66. The van der Waals surface area contributed by atoms with Gasteiger partial charge in [-0.3, -0.25) is 9.78 Å². The van der Waals surface area contributed by atoms with Crippen LogP contribution in [-0.4, -0.2) is 20.9 Å². The minimum absolute atomic E-state index is 0.0310. The monoisotopic (exact) mass is 376 g/mol. The van der Waals surface area contributed by atoms with Crippen LogP contribution in [0, 0.1) is 11.2 Å². The molecule has 0 fully saturated rings. The van der Waals surface area contributed by atoms with Crippen LogP contribution in [0.1, 0.15) is 47.9 Å². The molecule has 1 aliphatic carbocycles. The average molecular weight is 376 g/mol. The highest BCUT2D eigenvalue weighted by Crippen LogP contribution is 2.40. The van der Waals surface area contributed by atoms with Crippen LogP contribution in [0.4, 0.5) is 4.39 Å². The summed E-state index contributed by atoms with van der Waals surface area (Å²) < 4.78 is 13.5. The minimum Gasteiger partial charge on any atom is -0.345 e. The molecule has 2 heterocycles. The molecule has 5 nitrogen and oxygen atoms in total. The summed E-state index contributed by atoms with van der Waals surface area (Å²) in [6, 6.07) is 9.24. The van der Waals surface area contributed by atoms with E-state index in [0.717, 1.165) is 29.7 Å². The Hall–Kier alpha value is -3.15. The molecule has 1 aliphatic rings. The van der Waals surface area contributed by atoms with E-state index in [4.69, 9.17) is 4.98 Å². The molecule has 0 saturated carbocycles. The van der Waals surface area contributed by atoms with E-state index in [1.807, 2.05) is 12.1 Å². The molecule has 0 aliphatic heterocycles. The van der Waals surface area contributed by atoms with E-state index in [9.17, 15) is 9.18 Å². The third-order valence-corrected chi connectivity index (χ3v) is 5.01. The molecule has 2 aromatic heterocycles. The topological polar surface area (TPSA) is 67.8 Å². The van der Waals surface area contributed by atoms with Crippen LogP contribution in [0.5, 0.6) is 0 Å². The van der Waals surface area contributed by atoms with Gasteiger partial charge in [0, 0.05) is 35.3 Å². The molecular formula is C22H21FN4O. The Morgan fingerprint density at radius 2 is 2.00 bits per heavy atom. The van der Waals surface area contributed by atoms with Crippen LogP contribution in [0.25, 0.3) is 11.4 Å². The molecule has 0 spiro atoms. The number of nitrogens with zero attached hydrogens (tertiary/aromatic N) is 3. The summed E-state index contributed by atoms with van der Waals surface area (Å²) in [7, 11) is 0. The summed E-state index contributed by atoms with van der Waals surface area (Å²) in [6.45, 7) is 4.32. The zero-order valence-electron chi connectivity index (χ0n) is 15.8. The summed E-state index contributed by atoms with van der Waals surface area (Å²) in [5.41, 5.74) is 3.03. The number of amides is 1. The van der Waals surface area contributed by atoms with Gasteiger partial charge in [-0.25, -0.2) is 14.4 Å². The van der Waals surface area contributed by atoms with Crippen molar-refractivity contribution in [2.75, 3.05) is 0 Å². The predicted octanol–water partition coefficient (Wildman–Crippen LogP) is 4.12. The van der Waals surface area contributed by atoms with Crippen molar-refractivity contribution in [3.63, 3.8) is 0 Å². The number of benzene rings is 1. The second-order valence-electron chi connectivity index (χ2n) is 7.91. The SMILES string of the molecule is CC1(C)Cc2nc(-c3ccncc3)ncc2C(NC(=O)c2cccc(F)c2)C1. The zero-order valence-corrected chi connectivity index (χ0v) is 15.8. The fourth-order valence-electron chi connectivity index (χ4n) is 3.69. The fraction of sp³-hybridized carbons (Fsp3) is 0.273. The lowest BCUT2D eigenvalue weighted by molar-refractivity contribution is 0.0918. The van der Waals surface area contributed by atoms with Gasteiger partial charge in [0.25, 0.3) is 5.91 Å². The molecule has 6 heteroatoms. The molecule has 4 rings (SSSR count). The molecule has 3 aromatic rings. The maximum absolute atomic E-state index is 13.5. The quantitative estimate of drug-likeness (QED) is 0.747. The largest absolute Gasteiger partial charge is 0.345 e. The third kappa shape index (κ3) is 3.76. The first-order valence-electron chi connectivity index (χ1n) is 9.24. The maximum atomic E-state index is 13.5. The highest BCUT2D eigenvalue weighted by Gasteiger charge is 2.34.